The predicted molar refractivity (Wildman–Crippen MR) is 112 cm³/mol. The van der Waals surface area contributed by atoms with Crippen LogP contribution in [0.1, 0.15) is 30.4 Å². The summed E-state index contributed by atoms with van der Waals surface area (Å²) >= 11 is 0. The molecule has 1 N–H and O–H groups in total. The van der Waals surface area contributed by atoms with Gasteiger partial charge in [-0.15, -0.1) is 0 Å². The highest BCUT2D eigenvalue weighted by atomic mass is 19.1. The van der Waals surface area contributed by atoms with Crippen molar-refractivity contribution < 1.29 is 23.4 Å². The summed E-state index contributed by atoms with van der Waals surface area (Å²) < 4.78 is 29.9. The van der Waals surface area contributed by atoms with E-state index in [0.29, 0.717) is 48.9 Å². The van der Waals surface area contributed by atoms with Gasteiger partial charge in [0.1, 0.15) is 5.82 Å². The molecular formula is C23H29FN2O4. The molecule has 1 atom stereocenters. The zero-order chi connectivity index (χ0) is 21.5. The van der Waals surface area contributed by atoms with Crippen LogP contribution in [-0.4, -0.2) is 44.7 Å². The molecule has 6 nitrogen and oxygen atoms in total. The molecule has 30 heavy (non-hydrogen) atoms. The van der Waals surface area contributed by atoms with E-state index in [-0.39, 0.29) is 17.8 Å². The summed E-state index contributed by atoms with van der Waals surface area (Å²) in [6, 6.07) is 10.6. The van der Waals surface area contributed by atoms with Gasteiger partial charge < -0.3 is 24.4 Å². The second-order valence-electron chi connectivity index (χ2n) is 7.30. The number of halogens is 1. The number of benzene rings is 2. The highest BCUT2D eigenvalue weighted by molar-refractivity contribution is 5.78. The number of ether oxygens (including phenoxy) is 3. The Hall–Kier alpha value is -2.80. The summed E-state index contributed by atoms with van der Waals surface area (Å²) in [4.78, 5) is 14.4. The minimum atomic E-state index is -0.204. The van der Waals surface area contributed by atoms with Crippen LogP contribution in [0, 0.1) is 5.82 Å². The first-order valence-electron chi connectivity index (χ1n) is 10.1. The van der Waals surface area contributed by atoms with Crippen molar-refractivity contribution in [3.63, 3.8) is 0 Å². The molecule has 2 aromatic carbocycles. The molecule has 0 aliphatic carbocycles. The molecule has 7 heteroatoms. The van der Waals surface area contributed by atoms with Crippen molar-refractivity contribution >= 4 is 5.91 Å². The fourth-order valence-electron chi connectivity index (χ4n) is 3.87. The molecule has 0 spiro atoms. The molecule has 3 rings (SSSR count). The van der Waals surface area contributed by atoms with Crippen molar-refractivity contribution in [3.8, 4) is 17.2 Å². The maximum Gasteiger partial charge on any atom is 0.223 e. The molecule has 1 aliphatic heterocycles. The number of hydrogen-bond acceptors (Lipinski definition) is 5. The van der Waals surface area contributed by atoms with Crippen LogP contribution in [-0.2, 0) is 17.9 Å². The zero-order valence-corrected chi connectivity index (χ0v) is 17.7. The summed E-state index contributed by atoms with van der Waals surface area (Å²) in [7, 11) is 4.71. The summed E-state index contributed by atoms with van der Waals surface area (Å²) in [6.07, 6.45) is 2.18. The van der Waals surface area contributed by atoms with Crippen molar-refractivity contribution in [1.29, 1.82) is 0 Å². The molecule has 1 heterocycles. The van der Waals surface area contributed by atoms with E-state index in [1.54, 1.807) is 33.5 Å². The monoisotopic (exact) mass is 416 g/mol. The van der Waals surface area contributed by atoms with E-state index in [4.69, 9.17) is 14.2 Å². The first-order chi connectivity index (χ1) is 14.6. The van der Waals surface area contributed by atoms with Crippen LogP contribution < -0.4 is 19.5 Å². The number of amides is 1. The van der Waals surface area contributed by atoms with Crippen molar-refractivity contribution in [2.24, 2.45) is 0 Å². The fraction of sp³-hybridized carbons (Fsp3) is 0.435. The van der Waals surface area contributed by atoms with E-state index < -0.39 is 0 Å². The van der Waals surface area contributed by atoms with Crippen LogP contribution in [0.15, 0.2) is 36.4 Å². The topological polar surface area (TPSA) is 60.0 Å². The fourth-order valence-corrected chi connectivity index (χ4v) is 3.87. The molecule has 1 amide bonds. The van der Waals surface area contributed by atoms with Crippen LogP contribution in [0.5, 0.6) is 17.2 Å². The molecular weight excluding hydrogens is 387 g/mol. The van der Waals surface area contributed by atoms with Crippen molar-refractivity contribution in [3.05, 3.63) is 53.3 Å². The SMILES string of the molecule is COc1cc(CN2C(=O)CCC2CCNCc2ccccc2F)cc(OC)c1OC. The molecule has 0 bridgehead atoms. The van der Waals surface area contributed by atoms with Gasteiger partial charge in [-0.25, -0.2) is 4.39 Å². The molecule has 1 unspecified atom stereocenters. The Kier molecular flexibility index (Phi) is 7.52. The largest absolute Gasteiger partial charge is 0.493 e. The molecule has 1 fully saturated rings. The Morgan fingerprint density at radius 2 is 1.80 bits per heavy atom. The third kappa shape index (κ3) is 5.02. The Morgan fingerprint density at radius 3 is 2.43 bits per heavy atom. The number of rotatable bonds is 10. The predicted octanol–water partition coefficient (Wildman–Crippen LogP) is 3.52. The van der Waals surface area contributed by atoms with E-state index >= 15 is 0 Å². The van der Waals surface area contributed by atoms with E-state index in [2.05, 4.69) is 5.32 Å². The van der Waals surface area contributed by atoms with E-state index in [1.165, 1.54) is 6.07 Å². The van der Waals surface area contributed by atoms with Gasteiger partial charge in [-0.3, -0.25) is 4.79 Å². The van der Waals surface area contributed by atoms with Crippen molar-refractivity contribution in [2.75, 3.05) is 27.9 Å². The molecule has 0 radical (unpaired) electrons. The Morgan fingerprint density at radius 1 is 1.10 bits per heavy atom. The number of hydrogen-bond donors (Lipinski definition) is 1. The van der Waals surface area contributed by atoms with Crippen LogP contribution in [0.4, 0.5) is 4.39 Å². The van der Waals surface area contributed by atoms with Gasteiger partial charge in [0.15, 0.2) is 11.5 Å². The number of carbonyl (C=O) groups is 1. The second kappa shape index (κ2) is 10.3. The lowest BCUT2D eigenvalue weighted by Gasteiger charge is -2.26. The van der Waals surface area contributed by atoms with Gasteiger partial charge in [-0.05, 0) is 43.1 Å². The number of methoxy groups -OCH3 is 3. The Balaban J connectivity index is 1.62. The van der Waals surface area contributed by atoms with Crippen LogP contribution in [0.2, 0.25) is 0 Å². The number of carbonyl (C=O) groups excluding carboxylic acids is 1. The molecule has 0 saturated carbocycles. The van der Waals surface area contributed by atoms with Gasteiger partial charge in [0, 0.05) is 31.1 Å². The minimum Gasteiger partial charge on any atom is -0.493 e. The molecule has 1 aliphatic rings. The van der Waals surface area contributed by atoms with E-state index in [1.807, 2.05) is 23.1 Å². The van der Waals surface area contributed by atoms with Gasteiger partial charge in [-0.1, -0.05) is 18.2 Å². The lowest BCUT2D eigenvalue weighted by Crippen LogP contribution is -2.34. The first kappa shape index (κ1) is 21.9. The average molecular weight is 416 g/mol. The van der Waals surface area contributed by atoms with Crippen LogP contribution >= 0.6 is 0 Å². The van der Waals surface area contributed by atoms with Gasteiger partial charge in [-0.2, -0.15) is 0 Å². The van der Waals surface area contributed by atoms with Gasteiger partial charge >= 0.3 is 0 Å². The number of likely N-dealkylation sites (tertiary alicyclic amines) is 1. The standard InChI is InChI=1S/C23H29FN2O4/c1-28-20-12-16(13-21(29-2)23(20)30-3)15-26-18(8-9-22(26)27)10-11-25-14-17-6-4-5-7-19(17)24/h4-7,12-13,18,25H,8-11,14-15H2,1-3H3. The number of nitrogens with zero attached hydrogens (tertiary/aromatic N) is 1. The minimum absolute atomic E-state index is 0.142. The van der Waals surface area contributed by atoms with Gasteiger partial charge in [0.05, 0.1) is 21.3 Å². The Labute approximate surface area is 176 Å². The third-order valence-corrected chi connectivity index (χ3v) is 5.46. The highest BCUT2D eigenvalue weighted by Gasteiger charge is 2.31. The summed E-state index contributed by atoms with van der Waals surface area (Å²) in [5.74, 6) is 1.61. The van der Waals surface area contributed by atoms with Crippen LogP contribution in [0.25, 0.3) is 0 Å². The normalized spacial score (nSPS) is 16.1. The average Bonchev–Trinajstić information content (AvgIpc) is 3.10. The smallest absolute Gasteiger partial charge is 0.223 e. The maximum absolute atomic E-state index is 13.7. The lowest BCUT2D eigenvalue weighted by molar-refractivity contribution is -0.129. The highest BCUT2D eigenvalue weighted by Crippen LogP contribution is 2.39. The van der Waals surface area contributed by atoms with E-state index in [9.17, 15) is 9.18 Å². The van der Waals surface area contributed by atoms with Crippen LogP contribution in [0.3, 0.4) is 0 Å². The van der Waals surface area contributed by atoms with Crippen molar-refractivity contribution in [2.45, 2.75) is 38.4 Å². The van der Waals surface area contributed by atoms with Gasteiger partial charge in [0.2, 0.25) is 11.7 Å². The molecule has 2 aromatic rings. The zero-order valence-electron chi connectivity index (χ0n) is 17.7. The molecule has 1 saturated heterocycles. The second-order valence-corrected chi connectivity index (χ2v) is 7.30. The number of nitrogens with one attached hydrogen (secondary N) is 1. The third-order valence-electron chi connectivity index (χ3n) is 5.46. The quantitative estimate of drug-likeness (QED) is 0.601. The summed E-state index contributed by atoms with van der Waals surface area (Å²) in [5, 5.41) is 3.29. The summed E-state index contributed by atoms with van der Waals surface area (Å²) in [6.45, 7) is 1.66. The summed E-state index contributed by atoms with van der Waals surface area (Å²) in [5.41, 5.74) is 1.57. The molecule has 0 aromatic heterocycles. The molecule has 162 valence electrons. The van der Waals surface area contributed by atoms with E-state index in [0.717, 1.165) is 18.4 Å². The maximum atomic E-state index is 13.7. The lowest BCUT2D eigenvalue weighted by atomic mass is 10.1. The van der Waals surface area contributed by atoms with Crippen molar-refractivity contribution in [1.82, 2.24) is 10.2 Å². The Bertz CT molecular complexity index is 849. The van der Waals surface area contributed by atoms with Gasteiger partial charge in [0.25, 0.3) is 0 Å². The first-order valence-corrected chi connectivity index (χ1v) is 10.1.